The Kier molecular flexibility index (Phi) is 3.53. The zero-order valence-electron chi connectivity index (χ0n) is 10.7. The molecule has 1 heterocycles. The van der Waals surface area contributed by atoms with Crippen molar-refractivity contribution < 1.29 is 14.3 Å². The van der Waals surface area contributed by atoms with E-state index in [4.69, 9.17) is 0 Å². The third-order valence-corrected chi connectivity index (χ3v) is 4.04. The quantitative estimate of drug-likeness (QED) is 0.800. The first-order valence-electron chi connectivity index (χ1n) is 6.08. The molecule has 21 heavy (non-hydrogen) atoms. The first-order valence-corrected chi connectivity index (χ1v) is 6.89. The average molecular weight is 300 g/mol. The Morgan fingerprint density at radius 2 is 1.76 bits per heavy atom. The van der Waals surface area contributed by atoms with Crippen molar-refractivity contribution in [3.63, 3.8) is 0 Å². The Hall–Kier alpha value is -2.47. The van der Waals surface area contributed by atoms with Gasteiger partial charge in [-0.15, -0.1) is 10.2 Å². The first kappa shape index (κ1) is 13.5. The lowest BCUT2D eigenvalue weighted by Crippen LogP contribution is -2.05. The molecule has 0 unspecified atom stereocenters. The normalized spacial score (nSPS) is 10.7. The SMILES string of the molecule is O=C(O)c1nnc2ccccc2c1Sc1ccccc1F. The van der Waals surface area contributed by atoms with Crippen molar-refractivity contribution in [2.24, 2.45) is 0 Å². The Labute approximate surface area is 123 Å². The molecule has 1 aromatic heterocycles. The molecule has 3 aromatic rings. The molecule has 3 rings (SSSR count). The molecule has 4 nitrogen and oxygen atoms in total. The molecule has 0 aliphatic rings. The number of carboxylic acid groups (broad SMARTS) is 1. The summed E-state index contributed by atoms with van der Waals surface area (Å²) < 4.78 is 13.8. The number of aromatic nitrogens is 2. The van der Waals surface area contributed by atoms with Crippen molar-refractivity contribution in [1.29, 1.82) is 0 Å². The van der Waals surface area contributed by atoms with Gasteiger partial charge in [0.05, 0.1) is 10.4 Å². The second-order valence-electron chi connectivity index (χ2n) is 4.23. The number of benzene rings is 2. The van der Waals surface area contributed by atoms with Gasteiger partial charge >= 0.3 is 5.97 Å². The molecule has 0 amide bonds. The summed E-state index contributed by atoms with van der Waals surface area (Å²) in [6.07, 6.45) is 0. The monoisotopic (exact) mass is 300 g/mol. The molecule has 0 aliphatic carbocycles. The molecular weight excluding hydrogens is 291 g/mol. The van der Waals surface area contributed by atoms with Crippen LogP contribution in [0.2, 0.25) is 0 Å². The van der Waals surface area contributed by atoms with E-state index in [1.807, 2.05) is 0 Å². The van der Waals surface area contributed by atoms with E-state index in [1.54, 1.807) is 42.5 Å². The predicted molar refractivity (Wildman–Crippen MR) is 77.0 cm³/mol. The summed E-state index contributed by atoms with van der Waals surface area (Å²) in [6.45, 7) is 0. The lowest BCUT2D eigenvalue weighted by atomic mass is 10.2. The van der Waals surface area contributed by atoms with Crippen molar-refractivity contribution in [1.82, 2.24) is 10.2 Å². The maximum atomic E-state index is 13.8. The molecule has 0 aliphatic heterocycles. The van der Waals surface area contributed by atoms with Gasteiger partial charge < -0.3 is 5.11 Å². The third-order valence-electron chi connectivity index (χ3n) is 2.87. The molecule has 0 bridgehead atoms. The van der Waals surface area contributed by atoms with E-state index < -0.39 is 11.8 Å². The van der Waals surface area contributed by atoms with E-state index in [-0.39, 0.29) is 5.69 Å². The van der Waals surface area contributed by atoms with Crippen molar-refractivity contribution in [3.05, 3.63) is 60.0 Å². The molecule has 0 fully saturated rings. The van der Waals surface area contributed by atoms with Crippen molar-refractivity contribution >= 4 is 28.6 Å². The van der Waals surface area contributed by atoms with Crippen LogP contribution in [-0.2, 0) is 0 Å². The highest BCUT2D eigenvalue weighted by Crippen LogP contribution is 2.35. The number of hydrogen-bond donors (Lipinski definition) is 1. The minimum absolute atomic E-state index is 0.179. The fourth-order valence-electron chi connectivity index (χ4n) is 1.91. The fourth-order valence-corrected chi connectivity index (χ4v) is 2.95. The number of halogens is 1. The number of fused-ring (bicyclic) bond motifs is 1. The van der Waals surface area contributed by atoms with Crippen LogP contribution < -0.4 is 0 Å². The zero-order valence-corrected chi connectivity index (χ0v) is 11.5. The maximum Gasteiger partial charge on any atom is 0.357 e. The van der Waals surface area contributed by atoms with Crippen molar-refractivity contribution in [2.75, 3.05) is 0 Å². The topological polar surface area (TPSA) is 63.1 Å². The molecule has 1 N–H and O–H groups in total. The summed E-state index contributed by atoms with van der Waals surface area (Å²) >= 11 is 1.04. The molecule has 104 valence electrons. The van der Waals surface area contributed by atoms with Crippen molar-refractivity contribution in [3.8, 4) is 0 Å². The van der Waals surface area contributed by atoms with Gasteiger partial charge in [-0.1, -0.05) is 42.1 Å². The molecular formula is C15H9FN2O2S. The maximum absolute atomic E-state index is 13.8. The molecule has 0 spiro atoms. The standard InChI is InChI=1S/C15H9FN2O2S/c16-10-6-2-4-8-12(10)21-14-9-5-1-3-7-11(9)17-18-13(14)15(19)20/h1-8H,(H,19,20). The highest BCUT2D eigenvalue weighted by molar-refractivity contribution is 7.99. The van der Waals surface area contributed by atoms with E-state index in [9.17, 15) is 14.3 Å². The molecule has 0 atom stereocenters. The number of carboxylic acids is 1. The van der Waals surface area contributed by atoms with Crippen LogP contribution in [0.5, 0.6) is 0 Å². The summed E-state index contributed by atoms with van der Waals surface area (Å²) in [4.78, 5) is 12.1. The van der Waals surface area contributed by atoms with E-state index in [1.165, 1.54) is 6.07 Å². The van der Waals surface area contributed by atoms with Gasteiger partial charge in [-0.3, -0.25) is 0 Å². The Balaban J connectivity index is 2.21. The van der Waals surface area contributed by atoms with Crippen LogP contribution >= 0.6 is 11.8 Å². The van der Waals surface area contributed by atoms with Gasteiger partial charge in [0.1, 0.15) is 5.82 Å². The van der Waals surface area contributed by atoms with Crippen LogP contribution in [-0.4, -0.2) is 21.3 Å². The molecule has 2 aromatic carbocycles. The fraction of sp³-hybridized carbons (Fsp3) is 0. The second kappa shape index (κ2) is 5.49. The lowest BCUT2D eigenvalue weighted by molar-refractivity contribution is 0.0685. The first-order chi connectivity index (χ1) is 10.2. The number of hydrogen-bond acceptors (Lipinski definition) is 4. The van der Waals surface area contributed by atoms with E-state index in [0.717, 1.165) is 11.8 Å². The smallest absolute Gasteiger partial charge is 0.357 e. The van der Waals surface area contributed by atoms with Crippen LogP contribution in [0.4, 0.5) is 4.39 Å². The van der Waals surface area contributed by atoms with E-state index >= 15 is 0 Å². The molecule has 0 saturated heterocycles. The van der Waals surface area contributed by atoms with Gasteiger partial charge in [-0.25, -0.2) is 9.18 Å². The van der Waals surface area contributed by atoms with Gasteiger partial charge in [0.15, 0.2) is 5.69 Å². The highest BCUT2D eigenvalue weighted by atomic mass is 32.2. The van der Waals surface area contributed by atoms with Crippen LogP contribution in [0.1, 0.15) is 10.5 Å². The second-order valence-corrected chi connectivity index (χ2v) is 5.28. The zero-order chi connectivity index (χ0) is 14.8. The number of aromatic carboxylic acids is 1. The van der Waals surface area contributed by atoms with E-state index in [0.29, 0.717) is 20.7 Å². The summed E-state index contributed by atoms with van der Waals surface area (Å²) in [5.41, 5.74) is 0.392. The Bertz CT molecular complexity index is 839. The highest BCUT2D eigenvalue weighted by Gasteiger charge is 2.18. The van der Waals surface area contributed by atoms with Crippen molar-refractivity contribution in [2.45, 2.75) is 9.79 Å². The number of carbonyl (C=O) groups is 1. The van der Waals surface area contributed by atoms with Gasteiger partial charge in [0.25, 0.3) is 0 Å². The molecule has 0 radical (unpaired) electrons. The molecule has 6 heteroatoms. The van der Waals surface area contributed by atoms with Crippen LogP contribution in [0.3, 0.4) is 0 Å². The third kappa shape index (κ3) is 2.57. The van der Waals surface area contributed by atoms with Crippen LogP contribution in [0, 0.1) is 5.82 Å². The minimum atomic E-state index is -1.19. The predicted octanol–water partition coefficient (Wildman–Crippen LogP) is 3.62. The van der Waals surface area contributed by atoms with Gasteiger partial charge in [0, 0.05) is 10.3 Å². The summed E-state index contributed by atoms with van der Waals surface area (Å²) in [5.74, 6) is -1.59. The van der Waals surface area contributed by atoms with Gasteiger partial charge in [-0.05, 0) is 18.2 Å². The van der Waals surface area contributed by atoms with Crippen LogP contribution in [0.15, 0.2) is 58.3 Å². The largest absolute Gasteiger partial charge is 0.476 e. The Morgan fingerprint density at radius 1 is 1.05 bits per heavy atom. The van der Waals surface area contributed by atoms with Gasteiger partial charge in [-0.2, -0.15) is 0 Å². The van der Waals surface area contributed by atoms with Crippen LogP contribution in [0.25, 0.3) is 10.9 Å². The summed E-state index contributed by atoms with van der Waals surface area (Å²) in [6, 6.07) is 13.3. The summed E-state index contributed by atoms with van der Waals surface area (Å²) in [7, 11) is 0. The number of nitrogens with zero attached hydrogens (tertiary/aromatic N) is 2. The molecule has 0 saturated carbocycles. The Morgan fingerprint density at radius 3 is 2.52 bits per heavy atom. The minimum Gasteiger partial charge on any atom is -0.476 e. The average Bonchev–Trinajstić information content (AvgIpc) is 2.49. The lowest BCUT2D eigenvalue weighted by Gasteiger charge is -2.08. The van der Waals surface area contributed by atoms with E-state index in [2.05, 4.69) is 10.2 Å². The van der Waals surface area contributed by atoms with Gasteiger partial charge in [0.2, 0.25) is 0 Å². The number of rotatable bonds is 3. The summed E-state index contributed by atoms with van der Waals surface area (Å²) in [5, 5.41) is 17.5.